The Morgan fingerprint density at radius 2 is 2.00 bits per heavy atom. The Bertz CT molecular complexity index is 380. The van der Waals surface area contributed by atoms with Gasteiger partial charge in [0.1, 0.15) is 0 Å². The van der Waals surface area contributed by atoms with Gasteiger partial charge in [-0.05, 0) is 12.1 Å². The summed E-state index contributed by atoms with van der Waals surface area (Å²) in [5, 5.41) is 2.67. The molecule has 104 valence electrons. The molecular weight excluding hydrogens is 246 g/mol. The van der Waals surface area contributed by atoms with E-state index in [1.807, 2.05) is 30.3 Å². The molecule has 1 heterocycles. The monoisotopic (exact) mass is 265 g/mol. The molecule has 2 amide bonds. The topological polar surface area (TPSA) is 62.8 Å². The molecule has 0 unspecified atom stereocenters. The van der Waals surface area contributed by atoms with Crippen LogP contribution in [0.25, 0.3) is 0 Å². The number of anilines is 1. The number of hydrogen-bond acceptors (Lipinski definition) is 4. The van der Waals surface area contributed by atoms with Gasteiger partial charge in [0.15, 0.2) is 0 Å². The highest BCUT2D eigenvalue weighted by Crippen LogP contribution is 2.04. The molecular formula is C13H19N3O3. The zero-order valence-corrected chi connectivity index (χ0v) is 10.8. The molecule has 1 aromatic rings. The van der Waals surface area contributed by atoms with Crippen molar-refractivity contribution in [2.75, 3.05) is 44.8 Å². The smallest absolute Gasteiger partial charge is 0.343 e. The second kappa shape index (κ2) is 7.73. The number of amides is 2. The number of hydrogen-bond donors (Lipinski definition) is 2. The third-order valence-corrected chi connectivity index (χ3v) is 2.81. The molecule has 19 heavy (non-hydrogen) atoms. The largest absolute Gasteiger partial charge is 0.379 e. The van der Waals surface area contributed by atoms with Crippen molar-refractivity contribution in [3.05, 3.63) is 30.3 Å². The van der Waals surface area contributed by atoms with Gasteiger partial charge in [0.25, 0.3) is 0 Å². The third kappa shape index (κ3) is 5.25. The van der Waals surface area contributed by atoms with E-state index in [1.54, 1.807) is 0 Å². The lowest BCUT2D eigenvalue weighted by atomic mass is 10.3. The number of hydroxylamine groups is 1. The van der Waals surface area contributed by atoms with E-state index in [0.717, 1.165) is 38.5 Å². The Labute approximate surface area is 112 Å². The maximum atomic E-state index is 11.5. The van der Waals surface area contributed by atoms with Gasteiger partial charge in [-0.15, -0.1) is 0 Å². The first-order chi connectivity index (χ1) is 9.34. The molecule has 6 nitrogen and oxygen atoms in total. The molecule has 0 bridgehead atoms. The summed E-state index contributed by atoms with van der Waals surface area (Å²) >= 11 is 0. The van der Waals surface area contributed by atoms with E-state index in [9.17, 15) is 4.79 Å². The van der Waals surface area contributed by atoms with Crippen molar-refractivity contribution in [2.45, 2.75) is 0 Å². The highest BCUT2D eigenvalue weighted by atomic mass is 16.7. The molecule has 1 fully saturated rings. The number of para-hydroxylation sites is 1. The predicted molar refractivity (Wildman–Crippen MR) is 71.8 cm³/mol. The summed E-state index contributed by atoms with van der Waals surface area (Å²) in [4.78, 5) is 18.8. The summed E-state index contributed by atoms with van der Waals surface area (Å²) in [7, 11) is 0. The molecule has 6 heteroatoms. The lowest BCUT2D eigenvalue weighted by Gasteiger charge is -2.26. The molecule has 1 saturated heterocycles. The van der Waals surface area contributed by atoms with Crippen LogP contribution < -0.4 is 10.8 Å². The van der Waals surface area contributed by atoms with Gasteiger partial charge in [0.05, 0.1) is 19.8 Å². The zero-order valence-electron chi connectivity index (χ0n) is 10.8. The van der Waals surface area contributed by atoms with E-state index in [0.29, 0.717) is 6.61 Å². The molecule has 0 spiro atoms. The van der Waals surface area contributed by atoms with Gasteiger partial charge in [-0.2, -0.15) is 0 Å². The van der Waals surface area contributed by atoms with Crippen LogP contribution in [0.5, 0.6) is 0 Å². The minimum Gasteiger partial charge on any atom is -0.379 e. The fourth-order valence-electron chi connectivity index (χ4n) is 1.79. The number of nitrogens with zero attached hydrogens (tertiary/aromatic N) is 1. The third-order valence-electron chi connectivity index (χ3n) is 2.81. The van der Waals surface area contributed by atoms with E-state index in [1.165, 1.54) is 0 Å². The maximum absolute atomic E-state index is 11.5. The summed E-state index contributed by atoms with van der Waals surface area (Å²) in [6.45, 7) is 4.61. The number of benzene rings is 1. The molecule has 0 radical (unpaired) electrons. The molecule has 0 saturated carbocycles. The molecule has 0 aromatic heterocycles. The van der Waals surface area contributed by atoms with Gasteiger partial charge in [0.2, 0.25) is 0 Å². The first kappa shape index (κ1) is 13.8. The van der Waals surface area contributed by atoms with E-state index >= 15 is 0 Å². The molecule has 0 atom stereocenters. The number of carbonyl (C=O) groups is 1. The molecule has 1 aliphatic rings. The lowest BCUT2D eigenvalue weighted by Crippen LogP contribution is -2.39. The van der Waals surface area contributed by atoms with Crippen molar-refractivity contribution in [1.82, 2.24) is 10.4 Å². The number of carbonyl (C=O) groups excluding carboxylic acids is 1. The second-order valence-electron chi connectivity index (χ2n) is 4.22. The first-order valence-corrected chi connectivity index (χ1v) is 6.38. The number of urea groups is 1. The SMILES string of the molecule is O=C(NOCCN1CCOCC1)Nc1ccccc1. The van der Waals surface area contributed by atoms with Crippen molar-refractivity contribution in [2.24, 2.45) is 0 Å². The van der Waals surface area contributed by atoms with Crippen LogP contribution in [-0.2, 0) is 9.57 Å². The average molecular weight is 265 g/mol. The number of morpholine rings is 1. The summed E-state index contributed by atoms with van der Waals surface area (Å²) in [6.07, 6.45) is 0. The van der Waals surface area contributed by atoms with Crippen LogP contribution in [0, 0.1) is 0 Å². The first-order valence-electron chi connectivity index (χ1n) is 6.38. The Kier molecular flexibility index (Phi) is 5.61. The minimum atomic E-state index is -0.367. The fraction of sp³-hybridized carbons (Fsp3) is 0.462. The van der Waals surface area contributed by atoms with Crippen molar-refractivity contribution >= 4 is 11.7 Å². The Morgan fingerprint density at radius 1 is 1.26 bits per heavy atom. The summed E-state index contributed by atoms with van der Waals surface area (Å²) in [5.74, 6) is 0. The highest BCUT2D eigenvalue weighted by Gasteiger charge is 2.09. The van der Waals surface area contributed by atoms with Crippen LogP contribution in [-0.4, -0.2) is 50.4 Å². The minimum absolute atomic E-state index is 0.367. The van der Waals surface area contributed by atoms with E-state index < -0.39 is 0 Å². The highest BCUT2D eigenvalue weighted by molar-refractivity contribution is 5.88. The molecule has 2 N–H and O–H groups in total. The Morgan fingerprint density at radius 3 is 2.74 bits per heavy atom. The van der Waals surface area contributed by atoms with Crippen LogP contribution in [0.2, 0.25) is 0 Å². The van der Waals surface area contributed by atoms with Gasteiger partial charge in [-0.3, -0.25) is 9.74 Å². The van der Waals surface area contributed by atoms with Crippen molar-refractivity contribution < 1.29 is 14.4 Å². The molecule has 1 aliphatic heterocycles. The zero-order chi connectivity index (χ0) is 13.3. The number of ether oxygens (including phenoxy) is 1. The summed E-state index contributed by atoms with van der Waals surface area (Å²) < 4.78 is 5.25. The van der Waals surface area contributed by atoms with E-state index in [-0.39, 0.29) is 6.03 Å². The van der Waals surface area contributed by atoms with Gasteiger partial charge in [-0.1, -0.05) is 18.2 Å². The molecule has 1 aromatic carbocycles. The van der Waals surface area contributed by atoms with Crippen LogP contribution in [0.3, 0.4) is 0 Å². The van der Waals surface area contributed by atoms with Crippen molar-refractivity contribution in [3.8, 4) is 0 Å². The normalized spacial score (nSPS) is 16.0. The Balaban J connectivity index is 1.56. The van der Waals surface area contributed by atoms with Crippen molar-refractivity contribution in [1.29, 1.82) is 0 Å². The van der Waals surface area contributed by atoms with Gasteiger partial charge >= 0.3 is 6.03 Å². The Hall–Kier alpha value is -1.63. The molecule has 0 aliphatic carbocycles. The second-order valence-corrected chi connectivity index (χ2v) is 4.22. The van der Waals surface area contributed by atoms with Gasteiger partial charge < -0.3 is 10.1 Å². The van der Waals surface area contributed by atoms with E-state index in [4.69, 9.17) is 9.57 Å². The van der Waals surface area contributed by atoms with E-state index in [2.05, 4.69) is 15.7 Å². The molecule has 2 rings (SSSR count). The summed E-state index contributed by atoms with van der Waals surface area (Å²) in [5.41, 5.74) is 3.10. The predicted octanol–water partition coefficient (Wildman–Crippen LogP) is 1.07. The average Bonchev–Trinajstić information content (AvgIpc) is 2.46. The quantitative estimate of drug-likeness (QED) is 0.617. The fourth-order valence-corrected chi connectivity index (χ4v) is 1.79. The number of nitrogens with one attached hydrogen (secondary N) is 2. The number of rotatable bonds is 5. The standard InChI is InChI=1S/C13H19N3O3/c17-13(14-12-4-2-1-3-5-12)15-19-11-8-16-6-9-18-10-7-16/h1-5H,6-11H2,(H2,14,15,17). The lowest BCUT2D eigenvalue weighted by molar-refractivity contribution is 0.00629. The van der Waals surface area contributed by atoms with Crippen LogP contribution in [0.4, 0.5) is 10.5 Å². The van der Waals surface area contributed by atoms with Crippen LogP contribution >= 0.6 is 0 Å². The summed E-state index contributed by atoms with van der Waals surface area (Å²) in [6, 6.07) is 8.86. The van der Waals surface area contributed by atoms with Gasteiger partial charge in [0, 0.05) is 25.3 Å². The maximum Gasteiger partial charge on any atom is 0.343 e. The van der Waals surface area contributed by atoms with Gasteiger partial charge in [-0.25, -0.2) is 10.3 Å². The van der Waals surface area contributed by atoms with Crippen molar-refractivity contribution in [3.63, 3.8) is 0 Å². The van der Waals surface area contributed by atoms with Crippen LogP contribution in [0.1, 0.15) is 0 Å². The van der Waals surface area contributed by atoms with Crippen LogP contribution in [0.15, 0.2) is 30.3 Å².